The van der Waals surface area contributed by atoms with Gasteiger partial charge in [-0.1, -0.05) is 6.92 Å². The van der Waals surface area contributed by atoms with Gasteiger partial charge in [0.25, 0.3) is 5.91 Å². The van der Waals surface area contributed by atoms with E-state index < -0.39 is 0 Å². The number of fused-ring (bicyclic) bond motifs is 1. The summed E-state index contributed by atoms with van der Waals surface area (Å²) in [5.41, 5.74) is 4.52. The highest BCUT2D eigenvalue weighted by Crippen LogP contribution is 2.22. The third kappa shape index (κ3) is 4.14. The number of nitrogens with zero attached hydrogens (tertiary/aromatic N) is 2. The number of imidazole rings is 1. The van der Waals surface area contributed by atoms with Gasteiger partial charge in [0.15, 0.2) is 0 Å². The molecule has 0 saturated carbocycles. The Bertz CT molecular complexity index is 1060. The summed E-state index contributed by atoms with van der Waals surface area (Å²) in [6, 6.07) is 11.0. The minimum Gasteiger partial charge on any atom is -0.388 e. The molecule has 4 rings (SSSR count). The van der Waals surface area contributed by atoms with Crippen LogP contribution in [0.15, 0.2) is 36.4 Å². The van der Waals surface area contributed by atoms with Crippen molar-refractivity contribution in [2.75, 3.05) is 30.8 Å². The Kier molecular flexibility index (Phi) is 5.31. The second-order valence-electron chi connectivity index (χ2n) is 7.69. The van der Waals surface area contributed by atoms with E-state index in [1.54, 1.807) is 25.2 Å². The molecule has 1 aromatic heterocycles. The second kappa shape index (κ2) is 8.05. The van der Waals surface area contributed by atoms with Crippen molar-refractivity contribution >= 4 is 34.5 Å². The van der Waals surface area contributed by atoms with Crippen LogP contribution in [0.2, 0.25) is 0 Å². The van der Waals surface area contributed by atoms with E-state index in [-0.39, 0.29) is 5.91 Å². The molecule has 4 N–H and O–H groups in total. The van der Waals surface area contributed by atoms with Gasteiger partial charge in [-0.2, -0.15) is 0 Å². The molecule has 0 aliphatic carbocycles. The van der Waals surface area contributed by atoms with Gasteiger partial charge in [-0.25, -0.2) is 4.98 Å². The molecular formula is C22H26N6O. The van der Waals surface area contributed by atoms with Crippen LogP contribution in [0.4, 0.5) is 11.4 Å². The number of hydrogen-bond donors (Lipinski definition) is 4. The standard InChI is InChI=1S/C22H26N6O/c1-14-7-8-28(12-14)13-21-26-19-6-4-17(10-20(19)27-21)25-22(29)15-3-5-18(24-2)16(9-15)11-23/h3-6,9-11,14,23-24H,7-8,12-13H2,1-2H3,(H,25,29)(H,26,27). The van der Waals surface area contributed by atoms with Crippen molar-refractivity contribution in [3.63, 3.8) is 0 Å². The van der Waals surface area contributed by atoms with Gasteiger partial charge < -0.3 is 21.0 Å². The van der Waals surface area contributed by atoms with Crippen LogP contribution in [0, 0.1) is 11.3 Å². The SMILES string of the molecule is CNc1ccc(C(=O)Nc2ccc3nc(CN4CCC(C)C4)[nH]c3c2)cc1C=N. The molecule has 29 heavy (non-hydrogen) atoms. The van der Waals surface area contributed by atoms with Gasteiger partial charge in [0.1, 0.15) is 5.82 Å². The molecule has 0 bridgehead atoms. The van der Waals surface area contributed by atoms with Crippen LogP contribution >= 0.6 is 0 Å². The fourth-order valence-electron chi connectivity index (χ4n) is 3.85. The predicted octanol–water partition coefficient (Wildman–Crippen LogP) is 3.70. The number of aromatic amines is 1. The van der Waals surface area contributed by atoms with E-state index in [1.807, 2.05) is 18.2 Å². The largest absolute Gasteiger partial charge is 0.388 e. The number of anilines is 2. The monoisotopic (exact) mass is 390 g/mol. The van der Waals surface area contributed by atoms with Crippen molar-refractivity contribution in [3.05, 3.63) is 53.3 Å². The molecular weight excluding hydrogens is 364 g/mol. The van der Waals surface area contributed by atoms with E-state index in [0.29, 0.717) is 16.8 Å². The zero-order valence-electron chi connectivity index (χ0n) is 16.7. The number of rotatable bonds is 6. The third-order valence-corrected chi connectivity index (χ3v) is 5.41. The maximum Gasteiger partial charge on any atom is 0.255 e. The van der Waals surface area contributed by atoms with Crippen LogP contribution < -0.4 is 10.6 Å². The number of H-pyrrole nitrogens is 1. The Labute approximate surface area is 170 Å². The van der Waals surface area contributed by atoms with Crippen molar-refractivity contribution in [2.45, 2.75) is 19.9 Å². The second-order valence-corrected chi connectivity index (χ2v) is 7.69. The quantitative estimate of drug-likeness (QED) is 0.483. The molecule has 2 heterocycles. The lowest BCUT2D eigenvalue weighted by Crippen LogP contribution is -2.20. The third-order valence-electron chi connectivity index (χ3n) is 5.41. The lowest BCUT2D eigenvalue weighted by Gasteiger charge is -2.12. The summed E-state index contributed by atoms with van der Waals surface area (Å²) >= 11 is 0. The van der Waals surface area contributed by atoms with Crippen molar-refractivity contribution in [1.29, 1.82) is 5.41 Å². The summed E-state index contributed by atoms with van der Waals surface area (Å²) in [6.07, 6.45) is 2.48. The molecule has 0 spiro atoms. The summed E-state index contributed by atoms with van der Waals surface area (Å²) in [7, 11) is 1.79. The van der Waals surface area contributed by atoms with Crippen LogP contribution in [0.5, 0.6) is 0 Å². The van der Waals surface area contributed by atoms with Gasteiger partial charge in [-0.05, 0) is 55.3 Å². The number of aromatic nitrogens is 2. The Morgan fingerprint density at radius 2 is 2.21 bits per heavy atom. The van der Waals surface area contributed by atoms with Crippen molar-refractivity contribution < 1.29 is 4.79 Å². The highest BCUT2D eigenvalue weighted by molar-refractivity contribution is 6.06. The smallest absolute Gasteiger partial charge is 0.255 e. The fourth-order valence-corrected chi connectivity index (χ4v) is 3.85. The molecule has 0 radical (unpaired) electrons. The van der Waals surface area contributed by atoms with Gasteiger partial charge in [0.05, 0.1) is 17.6 Å². The van der Waals surface area contributed by atoms with Crippen LogP contribution in [0.3, 0.4) is 0 Å². The first-order valence-corrected chi connectivity index (χ1v) is 9.90. The molecule has 150 valence electrons. The van der Waals surface area contributed by atoms with E-state index >= 15 is 0 Å². The van der Waals surface area contributed by atoms with E-state index in [9.17, 15) is 4.79 Å². The van der Waals surface area contributed by atoms with Gasteiger partial charge in [0.2, 0.25) is 0 Å². The molecule has 7 nitrogen and oxygen atoms in total. The summed E-state index contributed by atoms with van der Waals surface area (Å²) in [4.78, 5) is 23.1. The van der Waals surface area contributed by atoms with Gasteiger partial charge in [-0.3, -0.25) is 9.69 Å². The molecule has 2 aromatic carbocycles. The van der Waals surface area contributed by atoms with Gasteiger partial charge in [-0.15, -0.1) is 0 Å². The highest BCUT2D eigenvalue weighted by atomic mass is 16.1. The Morgan fingerprint density at radius 3 is 2.93 bits per heavy atom. The molecule has 1 saturated heterocycles. The summed E-state index contributed by atoms with van der Waals surface area (Å²) in [5.74, 6) is 1.49. The van der Waals surface area contributed by atoms with Crippen LogP contribution in [0.1, 0.15) is 35.1 Å². The molecule has 1 amide bonds. The molecule has 1 aliphatic heterocycles. The Balaban J connectivity index is 1.49. The van der Waals surface area contributed by atoms with Crippen molar-refractivity contribution in [1.82, 2.24) is 14.9 Å². The lowest BCUT2D eigenvalue weighted by molar-refractivity contribution is 0.102. The van der Waals surface area contributed by atoms with E-state index in [1.165, 1.54) is 12.6 Å². The summed E-state index contributed by atoms with van der Waals surface area (Å²) in [6.45, 7) is 5.34. The predicted molar refractivity (Wildman–Crippen MR) is 117 cm³/mol. The maximum atomic E-state index is 12.6. The normalized spacial score (nSPS) is 16.8. The number of likely N-dealkylation sites (tertiary alicyclic amines) is 1. The molecule has 1 fully saturated rings. The Morgan fingerprint density at radius 1 is 1.34 bits per heavy atom. The van der Waals surface area contributed by atoms with E-state index in [0.717, 1.165) is 48.1 Å². The number of nitrogens with one attached hydrogen (secondary N) is 4. The number of carbonyl (C=O) groups is 1. The van der Waals surface area contributed by atoms with Crippen LogP contribution in [-0.2, 0) is 6.54 Å². The topological polar surface area (TPSA) is 96.9 Å². The van der Waals surface area contributed by atoms with E-state index in [2.05, 4.69) is 32.4 Å². The number of amides is 1. The lowest BCUT2D eigenvalue weighted by atomic mass is 10.1. The first-order valence-electron chi connectivity index (χ1n) is 9.90. The minimum atomic E-state index is -0.208. The number of hydrogen-bond acceptors (Lipinski definition) is 5. The van der Waals surface area contributed by atoms with Crippen molar-refractivity contribution in [3.8, 4) is 0 Å². The minimum absolute atomic E-state index is 0.208. The first kappa shape index (κ1) is 19.1. The average molecular weight is 390 g/mol. The molecule has 1 unspecified atom stereocenters. The summed E-state index contributed by atoms with van der Waals surface area (Å²) < 4.78 is 0. The zero-order valence-corrected chi connectivity index (χ0v) is 16.7. The van der Waals surface area contributed by atoms with Crippen LogP contribution in [0.25, 0.3) is 11.0 Å². The van der Waals surface area contributed by atoms with Gasteiger partial charge in [0, 0.05) is 42.3 Å². The highest BCUT2D eigenvalue weighted by Gasteiger charge is 2.19. The molecule has 1 atom stereocenters. The first-order chi connectivity index (χ1) is 14.1. The number of benzene rings is 2. The molecule has 7 heteroatoms. The Hall–Kier alpha value is -3.19. The number of carbonyl (C=O) groups excluding carboxylic acids is 1. The van der Waals surface area contributed by atoms with Gasteiger partial charge >= 0.3 is 0 Å². The average Bonchev–Trinajstić information content (AvgIpc) is 3.32. The van der Waals surface area contributed by atoms with E-state index in [4.69, 9.17) is 5.41 Å². The maximum absolute atomic E-state index is 12.6. The van der Waals surface area contributed by atoms with Crippen LogP contribution in [-0.4, -0.2) is 47.1 Å². The molecule has 3 aromatic rings. The molecule has 1 aliphatic rings. The van der Waals surface area contributed by atoms with Crippen molar-refractivity contribution in [2.24, 2.45) is 5.92 Å². The zero-order chi connectivity index (χ0) is 20.4. The fraction of sp³-hybridized carbons (Fsp3) is 0.318. The summed E-state index contributed by atoms with van der Waals surface area (Å²) in [5, 5.41) is 13.5.